The fraction of sp³-hybridized carbons (Fsp3) is 0.188. The molecule has 0 spiro atoms. The number of aromatic nitrogens is 1. The standard InChI is InChI=1S/C16H14BrNO5S/c1-10-14(9-23-16(10)20)15(19)11-6-7-18(8-11)24(21,22)13-4-2-12(17)3-5-13/h2-8,14-15,19H,1,9H2. The van der Waals surface area contributed by atoms with Crippen LogP contribution in [-0.2, 0) is 19.6 Å². The lowest BCUT2D eigenvalue weighted by atomic mass is 9.93. The summed E-state index contributed by atoms with van der Waals surface area (Å²) in [4.78, 5) is 11.5. The van der Waals surface area contributed by atoms with Crippen molar-refractivity contribution in [2.75, 3.05) is 6.61 Å². The van der Waals surface area contributed by atoms with Crippen molar-refractivity contribution in [3.8, 4) is 0 Å². The van der Waals surface area contributed by atoms with Crippen LogP contribution < -0.4 is 0 Å². The number of rotatable bonds is 4. The van der Waals surface area contributed by atoms with E-state index in [4.69, 9.17) is 4.74 Å². The quantitative estimate of drug-likeness (QED) is 0.615. The van der Waals surface area contributed by atoms with Gasteiger partial charge in [0.25, 0.3) is 10.0 Å². The smallest absolute Gasteiger partial charge is 0.333 e. The predicted molar refractivity (Wildman–Crippen MR) is 89.7 cm³/mol. The predicted octanol–water partition coefficient (Wildman–Crippen LogP) is 2.25. The first-order valence-corrected chi connectivity index (χ1v) is 9.27. The average molecular weight is 412 g/mol. The highest BCUT2D eigenvalue weighted by Gasteiger charge is 2.35. The number of aliphatic hydroxyl groups excluding tert-OH is 1. The van der Waals surface area contributed by atoms with Gasteiger partial charge in [-0.25, -0.2) is 17.2 Å². The molecule has 1 aromatic carbocycles. The second kappa shape index (κ2) is 6.19. The van der Waals surface area contributed by atoms with Gasteiger partial charge in [0.15, 0.2) is 0 Å². The Morgan fingerprint density at radius 3 is 2.54 bits per heavy atom. The Hall–Kier alpha value is -1.90. The number of cyclic esters (lactones) is 1. The van der Waals surface area contributed by atoms with E-state index in [1.807, 2.05) is 0 Å². The monoisotopic (exact) mass is 411 g/mol. The Balaban J connectivity index is 1.89. The molecule has 1 N–H and O–H groups in total. The molecule has 0 radical (unpaired) electrons. The molecule has 1 aliphatic rings. The Morgan fingerprint density at radius 1 is 1.29 bits per heavy atom. The molecule has 0 saturated carbocycles. The maximum absolute atomic E-state index is 12.6. The second-order valence-electron chi connectivity index (χ2n) is 5.41. The summed E-state index contributed by atoms with van der Waals surface area (Å²) in [6, 6.07) is 7.74. The van der Waals surface area contributed by atoms with Crippen molar-refractivity contribution in [1.29, 1.82) is 0 Å². The highest BCUT2D eigenvalue weighted by atomic mass is 79.9. The van der Waals surface area contributed by atoms with Crippen LogP contribution >= 0.6 is 15.9 Å². The number of aliphatic hydroxyl groups is 1. The molecule has 0 aliphatic carbocycles. The maximum Gasteiger partial charge on any atom is 0.333 e. The zero-order valence-electron chi connectivity index (χ0n) is 12.4. The summed E-state index contributed by atoms with van der Waals surface area (Å²) in [5.41, 5.74) is 0.561. The number of carbonyl (C=O) groups is 1. The van der Waals surface area contributed by atoms with Crippen LogP contribution in [0.1, 0.15) is 11.7 Å². The van der Waals surface area contributed by atoms with E-state index >= 15 is 0 Å². The van der Waals surface area contributed by atoms with Crippen LogP contribution in [0.2, 0.25) is 0 Å². The number of esters is 1. The van der Waals surface area contributed by atoms with Gasteiger partial charge in [-0.3, -0.25) is 0 Å². The third kappa shape index (κ3) is 2.92. The van der Waals surface area contributed by atoms with Gasteiger partial charge in [0, 0.05) is 28.0 Å². The molecule has 2 unspecified atom stereocenters. The van der Waals surface area contributed by atoms with Crippen LogP contribution in [0.4, 0.5) is 0 Å². The van der Waals surface area contributed by atoms with Crippen LogP contribution in [-0.4, -0.2) is 30.1 Å². The van der Waals surface area contributed by atoms with Crippen molar-refractivity contribution >= 4 is 31.9 Å². The van der Waals surface area contributed by atoms with Crippen LogP contribution in [0.3, 0.4) is 0 Å². The summed E-state index contributed by atoms with van der Waals surface area (Å²) < 4.78 is 31.8. The molecule has 1 aliphatic heterocycles. The van der Waals surface area contributed by atoms with Crippen molar-refractivity contribution in [3.63, 3.8) is 0 Å². The minimum atomic E-state index is -3.75. The van der Waals surface area contributed by atoms with Crippen molar-refractivity contribution < 1.29 is 23.1 Å². The summed E-state index contributed by atoms with van der Waals surface area (Å²) in [5.74, 6) is -1.12. The van der Waals surface area contributed by atoms with Gasteiger partial charge < -0.3 is 9.84 Å². The van der Waals surface area contributed by atoms with E-state index < -0.39 is 28.0 Å². The number of hydrogen-bond acceptors (Lipinski definition) is 5. The Bertz CT molecular complexity index is 901. The van der Waals surface area contributed by atoms with E-state index in [2.05, 4.69) is 22.5 Å². The topological polar surface area (TPSA) is 85.6 Å². The van der Waals surface area contributed by atoms with Gasteiger partial charge in [-0.05, 0) is 30.3 Å². The van der Waals surface area contributed by atoms with Gasteiger partial charge >= 0.3 is 5.97 Å². The molecule has 24 heavy (non-hydrogen) atoms. The number of hydrogen-bond donors (Lipinski definition) is 1. The van der Waals surface area contributed by atoms with E-state index in [-0.39, 0.29) is 17.1 Å². The van der Waals surface area contributed by atoms with Crippen LogP contribution in [0, 0.1) is 5.92 Å². The minimum Gasteiger partial charge on any atom is -0.462 e. The molecular weight excluding hydrogens is 398 g/mol. The van der Waals surface area contributed by atoms with Gasteiger partial charge in [-0.1, -0.05) is 22.5 Å². The summed E-state index contributed by atoms with van der Waals surface area (Å²) in [6.07, 6.45) is 1.62. The average Bonchev–Trinajstić information content (AvgIpc) is 3.16. The molecule has 3 rings (SSSR count). The molecule has 6 nitrogen and oxygen atoms in total. The van der Waals surface area contributed by atoms with Gasteiger partial charge in [0.1, 0.15) is 6.61 Å². The number of nitrogens with zero attached hydrogens (tertiary/aromatic N) is 1. The molecule has 1 aromatic heterocycles. The molecule has 1 saturated heterocycles. The lowest BCUT2D eigenvalue weighted by Gasteiger charge is -2.14. The maximum atomic E-state index is 12.6. The zero-order valence-corrected chi connectivity index (χ0v) is 14.8. The Labute approximate surface area is 147 Å². The van der Waals surface area contributed by atoms with Gasteiger partial charge in [0.05, 0.1) is 16.9 Å². The molecule has 8 heteroatoms. The molecular formula is C16H14BrNO5S. The Kier molecular flexibility index (Phi) is 4.37. The van der Waals surface area contributed by atoms with E-state index in [0.717, 1.165) is 8.45 Å². The molecule has 2 aromatic rings. The zero-order chi connectivity index (χ0) is 17.5. The summed E-state index contributed by atoms with van der Waals surface area (Å²) in [5, 5.41) is 10.4. The van der Waals surface area contributed by atoms with Gasteiger partial charge in [-0.15, -0.1) is 0 Å². The molecule has 126 valence electrons. The SMILES string of the molecule is C=C1C(=O)OCC1C(O)c1ccn(S(=O)(=O)c2ccc(Br)cc2)c1. The van der Waals surface area contributed by atoms with Crippen molar-refractivity contribution in [1.82, 2.24) is 3.97 Å². The summed E-state index contributed by atoms with van der Waals surface area (Å²) >= 11 is 3.26. The van der Waals surface area contributed by atoms with E-state index in [0.29, 0.717) is 5.56 Å². The van der Waals surface area contributed by atoms with Crippen molar-refractivity contribution in [3.05, 3.63) is 64.9 Å². The first-order valence-electron chi connectivity index (χ1n) is 7.04. The van der Waals surface area contributed by atoms with Crippen LogP contribution in [0.5, 0.6) is 0 Å². The third-order valence-electron chi connectivity index (χ3n) is 3.91. The van der Waals surface area contributed by atoms with E-state index in [1.54, 1.807) is 12.1 Å². The molecule has 2 atom stereocenters. The molecule has 0 bridgehead atoms. The molecule has 0 amide bonds. The van der Waals surface area contributed by atoms with Gasteiger partial charge in [0.2, 0.25) is 0 Å². The minimum absolute atomic E-state index is 0.0312. The first-order chi connectivity index (χ1) is 11.3. The highest BCUT2D eigenvalue weighted by molar-refractivity contribution is 9.10. The first kappa shape index (κ1) is 16.9. The van der Waals surface area contributed by atoms with Crippen molar-refractivity contribution in [2.45, 2.75) is 11.0 Å². The number of benzene rings is 1. The molecule has 1 fully saturated rings. The Morgan fingerprint density at radius 2 is 1.96 bits per heavy atom. The van der Waals surface area contributed by atoms with Gasteiger partial charge in [-0.2, -0.15) is 0 Å². The van der Waals surface area contributed by atoms with E-state index in [9.17, 15) is 18.3 Å². The third-order valence-corrected chi connectivity index (χ3v) is 6.08. The summed E-state index contributed by atoms with van der Waals surface area (Å²) in [6.45, 7) is 3.64. The van der Waals surface area contributed by atoms with Crippen LogP contribution in [0.25, 0.3) is 0 Å². The van der Waals surface area contributed by atoms with Crippen molar-refractivity contribution in [2.24, 2.45) is 5.92 Å². The molecule has 2 heterocycles. The largest absolute Gasteiger partial charge is 0.462 e. The normalized spacial score (nSPS) is 19.3. The lowest BCUT2D eigenvalue weighted by molar-refractivity contribution is -0.135. The lowest BCUT2D eigenvalue weighted by Crippen LogP contribution is -2.15. The number of ether oxygens (including phenoxy) is 1. The number of halogens is 1. The fourth-order valence-electron chi connectivity index (χ4n) is 2.47. The number of carbonyl (C=O) groups excluding carboxylic acids is 1. The summed E-state index contributed by atoms with van der Waals surface area (Å²) in [7, 11) is -3.75. The van der Waals surface area contributed by atoms with E-state index in [1.165, 1.54) is 30.6 Å². The second-order valence-corrected chi connectivity index (χ2v) is 8.17. The van der Waals surface area contributed by atoms with Crippen LogP contribution in [0.15, 0.2) is 64.2 Å². The fourth-order valence-corrected chi connectivity index (χ4v) is 3.94. The highest BCUT2D eigenvalue weighted by Crippen LogP contribution is 2.33.